The highest BCUT2D eigenvalue weighted by Crippen LogP contribution is 2.41. The molecular weight excluding hydrogens is 432 g/mol. The van der Waals surface area contributed by atoms with Crippen LogP contribution in [0.3, 0.4) is 0 Å². The number of carbonyl (C=O) groups is 2. The first kappa shape index (κ1) is 22.3. The van der Waals surface area contributed by atoms with Crippen molar-refractivity contribution in [3.63, 3.8) is 0 Å². The van der Waals surface area contributed by atoms with E-state index in [0.717, 1.165) is 18.0 Å². The van der Waals surface area contributed by atoms with Crippen molar-refractivity contribution in [2.45, 2.75) is 6.04 Å². The summed E-state index contributed by atoms with van der Waals surface area (Å²) in [6.07, 6.45) is 0. The number of morpholine rings is 1. The zero-order chi connectivity index (χ0) is 22.7. The van der Waals surface area contributed by atoms with Crippen LogP contribution in [0.1, 0.15) is 16.5 Å². The van der Waals surface area contributed by atoms with Crippen molar-refractivity contribution in [1.82, 2.24) is 9.80 Å². The number of thiophene rings is 1. The van der Waals surface area contributed by atoms with Gasteiger partial charge in [-0.2, -0.15) is 0 Å². The normalized spacial score (nSPS) is 21.2. The molecule has 2 saturated heterocycles. The third kappa shape index (κ3) is 4.23. The average molecular weight is 459 g/mol. The number of methoxy groups -OCH3 is 2. The quantitative estimate of drug-likeness (QED) is 0.387. The van der Waals surface area contributed by atoms with Crippen LogP contribution in [-0.2, 0) is 14.3 Å². The van der Waals surface area contributed by atoms with Gasteiger partial charge in [0.15, 0.2) is 11.5 Å². The molecule has 0 radical (unpaired) electrons. The van der Waals surface area contributed by atoms with Crippen LogP contribution in [0.5, 0.6) is 11.5 Å². The van der Waals surface area contributed by atoms with E-state index in [-0.39, 0.29) is 11.3 Å². The number of amides is 1. The number of nitrogens with zero attached hydrogens (tertiary/aromatic N) is 2. The Bertz CT molecular complexity index is 1010. The fourth-order valence-corrected chi connectivity index (χ4v) is 4.91. The van der Waals surface area contributed by atoms with Crippen molar-refractivity contribution in [1.29, 1.82) is 0 Å². The molecule has 0 saturated carbocycles. The van der Waals surface area contributed by atoms with Crippen molar-refractivity contribution in [3.05, 3.63) is 51.7 Å². The Hall–Kier alpha value is -2.88. The molecule has 2 aliphatic rings. The van der Waals surface area contributed by atoms with E-state index in [1.165, 1.54) is 25.6 Å². The van der Waals surface area contributed by atoms with Crippen LogP contribution < -0.4 is 9.47 Å². The Balaban J connectivity index is 1.71. The first-order valence-corrected chi connectivity index (χ1v) is 11.3. The molecule has 3 heterocycles. The number of benzene rings is 1. The third-order valence-electron chi connectivity index (χ3n) is 5.77. The predicted octanol–water partition coefficient (Wildman–Crippen LogP) is 2.52. The van der Waals surface area contributed by atoms with E-state index < -0.39 is 17.7 Å². The van der Waals surface area contributed by atoms with Gasteiger partial charge in [-0.1, -0.05) is 6.07 Å². The number of Topliss-reactive ketones (excluding diaryl/α,β-unsaturated/α-hetero) is 1. The SMILES string of the molecule is COc1ccc(C(O)=C2C(=O)C(=O)N(CCN3CCOCC3)[C@H]2c2cccs2)cc1OC. The summed E-state index contributed by atoms with van der Waals surface area (Å²) in [5.74, 6) is -0.580. The van der Waals surface area contributed by atoms with Crippen molar-refractivity contribution in [2.24, 2.45) is 0 Å². The van der Waals surface area contributed by atoms with E-state index in [0.29, 0.717) is 43.4 Å². The number of ketones is 1. The van der Waals surface area contributed by atoms with Gasteiger partial charge in [0.2, 0.25) is 0 Å². The maximum atomic E-state index is 13.1. The topological polar surface area (TPSA) is 88.5 Å². The third-order valence-corrected chi connectivity index (χ3v) is 6.70. The summed E-state index contributed by atoms with van der Waals surface area (Å²) in [6, 6.07) is 8.01. The van der Waals surface area contributed by atoms with Crippen LogP contribution in [0.4, 0.5) is 0 Å². The van der Waals surface area contributed by atoms with Crippen LogP contribution in [0.2, 0.25) is 0 Å². The fraction of sp³-hybridized carbons (Fsp3) is 0.391. The molecule has 1 aromatic carbocycles. The van der Waals surface area contributed by atoms with Gasteiger partial charge in [-0.3, -0.25) is 14.5 Å². The average Bonchev–Trinajstić information content (AvgIpc) is 3.44. The lowest BCUT2D eigenvalue weighted by Gasteiger charge is -2.30. The van der Waals surface area contributed by atoms with Gasteiger partial charge in [0.25, 0.3) is 11.7 Å². The van der Waals surface area contributed by atoms with E-state index in [1.54, 1.807) is 23.1 Å². The molecule has 170 valence electrons. The second-order valence-corrected chi connectivity index (χ2v) is 8.51. The molecule has 4 rings (SSSR count). The molecule has 32 heavy (non-hydrogen) atoms. The molecule has 2 aromatic rings. The summed E-state index contributed by atoms with van der Waals surface area (Å²) >= 11 is 1.45. The van der Waals surface area contributed by atoms with E-state index >= 15 is 0 Å². The fourth-order valence-electron chi connectivity index (χ4n) is 4.07. The largest absolute Gasteiger partial charge is 0.507 e. The maximum Gasteiger partial charge on any atom is 0.295 e. The Kier molecular flexibility index (Phi) is 6.78. The number of ether oxygens (including phenoxy) is 3. The molecule has 0 aliphatic carbocycles. The number of hydrogen-bond donors (Lipinski definition) is 1. The zero-order valence-corrected chi connectivity index (χ0v) is 18.9. The summed E-state index contributed by atoms with van der Waals surface area (Å²) in [6.45, 7) is 3.92. The molecule has 2 aliphatic heterocycles. The van der Waals surface area contributed by atoms with Gasteiger partial charge < -0.3 is 24.2 Å². The van der Waals surface area contributed by atoms with Crippen LogP contribution in [0.15, 0.2) is 41.3 Å². The van der Waals surface area contributed by atoms with Crippen molar-refractivity contribution < 1.29 is 28.9 Å². The van der Waals surface area contributed by atoms with Crippen molar-refractivity contribution in [3.8, 4) is 11.5 Å². The second kappa shape index (κ2) is 9.72. The summed E-state index contributed by atoms with van der Waals surface area (Å²) in [5, 5.41) is 13.1. The molecule has 1 amide bonds. The van der Waals surface area contributed by atoms with Crippen LogP contribution >= 0.6 is 11.3 Å². The van der Waals surface area contributed by atoms with Crippen LogP contribution in [0, 0.1) is 0 Å². The van der Waals surface area contributed by atoms with Crippen molar-refractivity contribution in [2.75, 3.05) is 53.6 Å². The Labute approximate surface area is 190 Å². The number of aliphatic hydroxyl groups excluding tert-OH is 1. The highest BCUT2D eigenvalue weighted by Gasteiger charge is 2.46. The minimum absolute atomic E-state index is 0.0895. The van der Waals surface area contributed by atoms with E-state index in [2.05, 4.69) is 4.90 Å². The minimum atomic E-state index is -0.683. The monoisotopic (exact) mass is 458 g/mol. The molecule has 1 atom stereocenters. The van der Waals surface area contributed by atoms with Gasteiger partial charge in [-0.25, -0.2) is 0 Å². The van der Waals surface area contributed by atoms with Crippen LogP contribution in [0.25, 0.3) is 5.76 Å². The number of likely N-dealkylation sites (tertiary alicyclic amines) is 1. The molecule has 9 heteroatoms. The Morgan fingerprint density at radius 3 is 2.53 bits per heavy atom. The highest BCUT2D eigenvalue weighted by molar-refractivity contribution is 7.10. The molecule has 0 spiro atoms. The van der Waals surface area contributed by atoms with E-state index in [4.69, 9.17) is 14.2 Å². The molecule has 0 bridgehead atoms. The summed E-state index contributed by atoms with van der Waals surface area (Å²) in [5.41, 5.74) is 0.474. The molecule has 8 nitrogen and oxygen atoms in total. The Morgan fingerprint density at radius 1 is 1.12 bits per heavy atom. The molecule has 0 unspecified atom stereocenters. The number of aliphatic hydroxyl groups is 1. The predicted molar refractivity (Wildman–Crippen MR) is 120 cm³/mol. The number of rotatable bonds is 7. The zero-order valence-electron chi connectivity index (χ0n) is 18.1. The summed E-state index contributed by atoms with van der Waals surface area (Å²) < 4.78 is 16.0. The molecule has 2 fully saturated rings. The van der Waals surface area contributed by atoms with Gasteiger partial charge in [0.05, 0.1) is 39.0 Å². The number of carbonyl (C=O) groups excluding carboxylic acids is 2. The van der Waals surface area contributed by atoms with Gasteiger partial charge in [-0.15, -0.1) is 11.3 Å². The first-order valence-electron chi connectivity index (χ1n) is 10.4. The molecular formula is C23H26N2O6S. The lowest BCUT2D eigenvalue weighted by Crippen LogP contribution is -2.42. The lowest BCUT2D eigenvalue weighted by molar-refractivity contribution is -0.140. The minimum Gasteiger partial charge on any atom is -0.507 e. The number of hydrogen-bond acceptors (Lipinski definition) is 8. The molecule has 1 N–H and O–H groups in total. The van der Waals surface area contributed by atoms with Gasteiger partial charge in [0, 0.05) is 36.6 Å². The standard InChI is InChI=1S/C23H26N2O6S/c1-29-16-6-5-15(14-17(16)30-2)21(26)19-20(18-4-3-13-32-18)25(23(28)22(19)27)8-7-24-9-11-31-12-10-24/h3-6,13-14,20,26H,7-12H2,1-2H3/t20-/m0/s1. The first-order chi connectivity index (χ1) is 15.5. The molecule has 1 aromatic heterocycles. The van der Waals surface area contributed by atoms with E-state index in [9.17, 15) is 14.7 Å². The van der Waals surface area contributed by atoms with E-state index in [1.807, 2.05) is 17.5 Å². The van der Waals surface area contributed by atoms with Crippen molar-refractivity contribution >= 4 is 28.8 Å². The smallest absolute Gasteiger partial charge is 0.295 e. The second-order valence-electron chi connectivity index (χ2n) is 7.53. The Morgan fingerprint density at radius 2 is 1.88 bits per heavy atom. The van der Waals surface area contributed by atoms with Gasteiger partial charge in [-0.05, 0) is 29.6 Å². The summed E-state index contributed by atoms with van der Waals surface area (Å²) in [7, 11) is 3.02. The maximum absolute atomic E-state index is 13.1. The van der Waals surface area contributed by atoms with Gasteiger partial charge >= 0.3 is 0 Å². The van der Waals surface area contributed by atoms with Crippen LogP contribution in [-0.4, -0.2) is 80.2 Å². The lowest BCUT2D eigenvalue weighted by atomic mass is 9.99. The highest BCUT2D eigenvalue weighted by atomic mass is 32.1. The summed E-state index contributed by atoms with van der Waals surface area (Å²) in [4.78, 5) is 30.7. The van der Waals surface area contributed by atoms with Gasteiger partial charge in [0.1, 0.15) is 5.76 Å².